The monoisotopic (exact) mass is 793 g/mol. The van der Waals surface area contributed by atoms with Crippen molar-refractivity contribution in [1.29, 1.82) is 0 Å². The van der Waals surface area contributed by atoms with Crippen LogP contribution in [0.3, 0.4) is 0 Å². The molecule has 15 nitrogen and oxygen atoms in total. The number of aliphatic hydroxyl groups excluding tert-OH is 1. The van der Waals surface area contributed by atoms with Crippen molar-refractivity contribution >= 4 is 23.9 Å². The second-order valence-corrected chi connectivity index (χ2v) is 19.3. The molecule has 0 aromatic carbocycles. The number of hydrogen-bond donors (Lipinski definition) is 5. The fourth-order valence-electron chi connectivity index (χ4n) is 13.1. The minimum atomic E-state index is -2.28. The van der Waals surface area contributed by atoms with E-state index in [1.807, 2.05) is 13.8 Å². The highest BCUT2D eigenvalue weighted by atomic mass is 16.7. The van der Waals surface area contributed by atoms with Gasteiger partial charge in [0.1, 0.15) is 17.8 Å². The van der Waals surface area contributed by atoms with Crippen molar-refractivity contribution in [2.75, 3.05) is 13.1 Å². The SMILES string of the molecule is CC[C@H](C)C(=O)O[C@H]1[C@H](O)[C@H]2[C@@H](CN3C[C@@H](C)CC[C@H]3[C@@]2(C)O)[C@@H]2C[C@]34O[C@@]5(O)[C@@H](OC(=O)[C@](C)(O)[C@@H](C)OC(C)=O)CC[C@@]3(C)[C@@H]5C[C@@H](OC(C)=O)[C@H]4[C@@]21O. The molecule has 5 N–H and O–H groups in total. The molecule has 3 saturated heterocycles. The maximum atomic E-state index is 13.7. The molecule has 3 heterocycles. The minimum absolute atomic E-state index is 0.0258. The average molecular weight is 794 g/mol. The van der Waals surface area contributed by atoms with E-state index in [2.05, 4.69) is 11.8 Å². The van der Waals surface area contributed by atoms with Gasteiger partial charge in [-0.3, -0.25) is 19.3 Å². The molecule has 7 fully saturated rings. The summed E-state index contributed by atoms with van der Waals surface area (Å²) < 4.78 is 30.3. The Balaban J connectivity index is 1.35. The number of piperidine rings is 2. The highest BCUT2D eigenvalue weighted by molar-refractivity contribution is 5.80. The normalized spacial score (nSPS) is 49.8. The molecular formula is C41H63NO14. The number of fused-ring (bicyclic) bond motifs is 5. The van der Waals surface area contributed by atoms with Crippen LogP contribution in [0, 0.1) is 46.8 Å². The summed E-state index contributed by atoms with van der Waals surface area (Å²) >= 11 is 0. The molecule has 15 heteroatoms. The highest BCUT2D eigenvalue weighted by Crippen LogP contribution is 2.77. The molecular weight excluding hydrogens is 730 g/mol. The van der Waals surface area contributed by atoms with E-state index in [0.29, 0.717) is 38.3 Å². The number of ether oxygens (including phenoxy) is 5. The van der Waals surface area contributed by atoms with E-state index >= 15 is 0 Å². The van der Waals surface area contributed by atoms with Crippen molar-refractivity contribution in [3.8, 4) is 0 Å². The van der Waals surface area contributed by atoms with Crippen molar-refractivity contribution in [2.24, 2.45) is 46.8 Å². The first-order valence-corrected chi connectivity index (χ1v) is 20.7. The van der Waals surface area contributed by atoms with Crippen LogP contribution >= 0.6 is 0 Å². The number of hydrogen-bond acceptors (Lipinski definition) is 15. The zero-order valence-corrected chi connectivity index (χ0v) is 34.2. The summed E-state index contributed by atoms with van der Waals surface area (Å²) in [7, 11) is 0. The van der Waals surface area contributed by atoms with Gasteiger partial charge in [-0.2, -0.15) is 0 Å². The Hall–Kier alpha value is -2.40. The van der Waals surface area contributed by atoms with Crippen LogP contribution in [0.4, 0.5) is 0 Å². The summed E-state index contributed by atoms with van der Waals surface area (Å²) in [5.41, 5.74) is -8.17. The molecule has 7 aliphatic rings. The summed E-state index contributed by atoms with van der Waals surface area (Å²) in [4.78, 5) is 54.2. The number of carbonyl (C=O) groups excluding carboxylic acids is 4. The third-order valence-corrected chi connectivity index (χ3v) is 16.1. The molecule has 4 bridgehead atoms. The maximum absolute atomic E-state index is 13.7. The van der Waals surface area contributed by atoms with Gasteiger partial charge in [0.25, 0.3) is 0 Å². The molecule has 0 unspecified atom stereocenters. The van der Waals surface area contributed by atoms with E-state index in [1.165, 1.54) is 13.8 Å². The molecule has 0 aromatic heterocycles. The molecule has 56 heavy (non-hydrogen) atoms. The Morgan fingerprint density at radius 2 is 1.66 bits per heavy atom. The topological polar surface area (TPSA) is 219 Å². The van der Waals surface area contributed by atoms with E-state index in [0.717, 1.165) is 20.3 Å². The predicted octanol–water partition coefficient (Wildman–Crippen LogP) is 1.61. The number of aliphatic hydroxyl groups is 5. The Bertz CT molecular complexity index is 1620. The van der Waals surface area contributed by atoms with Crippen LogP contribution < -0.4 is 0 Å². The number of rotatable bonds is 8. The van der Waals surface area contributed by atoms with E-state index < -0.39 is 124 Å². The highest BCUT2D eigenvalue weighted by Gasteiger charge is 2.88. The van der Waals surface area contributed by atoms with Gasteiger partial charge >= 0.3 is 23.9 Å². The van der Waals surface area contributed by atoms with Crippen LogP contribution in [0.5, 0.6) is 0 Å². The van der Waals surface area contributed by atoms with Crippen LogP contribution in [0.25, 0.3) is 0 Å². The first-order valence-electron chi connectivity index (χ1n) is 20.7. The van der Waals surface area contributed by atoms with Gasteiger partial charge in [-0.25, -0.2) is 4.79 Å². The zero-order valence-electron chi connectivity index (χ0n) is 34.2. The summed E-state index contributed by atoms with van der Waals surface area (Å²) in [6.07, 6.45) is -4.21. The van der Waals surface area contributed by atoms with Gasteiger partial charge in [-0.1, -0.05) is 27.7 Å². The first-order chi connectivity index (χ1) is 25.9. The van der Waals surface area contributed by atoms with Gasteiger partial charge in [0.15, 0.2) is 17.8 Å². The van der Waals surface area contributed by atoms with E-state index in [9.17, 15) is 44.7 Å². The molecule has 4 aliphatic carbocycles. The third-order valence-electron chi connectivity index (χ3n) is 16.1. The molecule has 1 spiro atoms. The Labute approximate surface area is 328 Å². The largest absolute Gasteiger partial charge is 0.462 e. The van der Waals surface area contributed by atoms with Crippen LogP contribution in [0.15, 0.2) is 0 Å². The Morgan fingerprint density at radius 1 is 0.982 bits per heavy atom. The maximum Gasteiger partial charge on any atom is 0.342 e. The van der Waals surface area contributed by atoms with Gasteiger partial charge in [0.05, 0.1) is 29.1 Å². The second kappa shape index (κ2) is 13.6. The molecule has 4 saturated carbocycles. The summed E-state index contributed by atoms with van der Waals surface area (Å²) in [5, 5.41) is 62.8. The predicted molar refractivity (Wildman–Crippen MR) is 195 cm³/mol. The third kappa shape index (κ3) is 5.67. The lowest BCUT2D eigenvalue weighted by atomic mass is 9.49. The van der Waals surface area contributed by atoms with Crippen LogP contribution in [0.1, 0.15) is 107 Å². The van der Waals surface area contributed by atoms with Crippen molar-refractivity contribution in [3.63, 3.8) is 0 Å². The van der Waals surface area contributed by atoms with Crippen molar-refractivity contribution < 1.29 is 68.4 Å². The van der Waals surface area contributed by atoms with Crippen LogP contribution in [-0.4, -0.2) is 132 Å². The quantitative estimate of drug-likeness (QED) is 0.174. The summed E-state index contributed by atoms with van der Waals surface area (Å²) in [5.74, 6) is -9.57. The molecule has 0 radical (unpaired) electrons. The van der Waals surface area contributed by atoms with E-state index in [1.54, 1.807) is 13.8 Å². The smallest absolute Gasteiger partial charge is 0.342 e. The number of carbonyl (C=O) groups is 4. The first kappa shape index (κ1) is 41.7. The van der Waals surface area contributed by atoms with E-state index in [-0.39, 0.29) is 25.3 Å². The average Bonchev–Trinajstić information content (AvgIpc) is 3.37. The molecule has 3 aliphatic heterocycles. The van der Waals surface area contributed by atoms with Crippen molar-refractivity contribution in [2.45, 2.75) is 172 Å². The summed E-state index contributed by atoms with van der Waals surface area (Å²) in [6, 6.07) is -0.275. The number of esters is 4. The molecule has 0 amide bonds. The standard InChI is InChI=1S/C41H63NO14/c1-10-20(3)34(46)55-33-31(45)30-24(18-42-17-19(2)11-12-28(42)38(30,9)49)25-16-39-32(40(25,33)50)26(53-23(6)44)15-27-36(39,7)14-13-29(41(27,51)56-39)54-35(47)37(8,48)21(4)52-22(5)43/h19-21,24-33,45,48-51H,10-18H2,1-9H3/t19-,20-,21+,24-,25-,26+,27-,28-,29-,30+,31+,32+,33-,36-,37+,38+,39+,40-,41+/m0/s1. The molecule has 316 valence electrons. The van der Waals surface area contributed by atoms with Crippen LogP contribution in [-0.2, 0) is 42.9 Å². The Kier molecular flexibility index (Phi) is 10.1. The second-order valence-electron chi connectivity index (χ2n) is 19.3. The fourth-order valence-corrected chi connectivity index (χ4v) is 13.1. The fraction of sp³-hybridized carbons (Fsp3) is 0.902. The summed E-state index contributed by atoms with van der Waals surface area (Å²) in [6.45, 7) is 15.4. The van der Waals surface area contributed by atoms with Gasteiger partial charge in [0.2, 0.25) is 5.79 Å². The molecule has 0 aromatic rings. The zero-order chi connectivity index (χ0) is 41.3. The lowest BCUT2D eigenvalue weighted by Gasteiger charge is -2.64. The minimum Gasteiger partial charge on any atom is -0.462 e. The van der Waals surface area contributed by atoms with Gasteiger partial charge in [0, 0.05) is 50.2 Å². The lowest BCUT2D eigenvalue weighted by Crippen LogP contribution is -2.77. The van der Waals surface area contributed by atoms with Gasteiger partial charge < -0.3 is 49.2 Å². The Morgan fingerprint density at radius 3 is 2.29 bits per heavy atom. The number of nitrogens with zero attached hydrogens (tertiary/aromatic N) is 1. The lowest BCUT2D eigenvalue weighted by molar-refractivity contribution is -0.301. The van der Waals surface area contributed by atoms with Gasteiger partial charge in [-0.05, 0) is 83.5 Å². The van der Waals surface area contributed by atoms with E-state index in [4.69, 9.17) is 23.7 Å². The molecule has 7 rings (SSSR count). The van der Waals surface area contributed by atoms with Crippen LogP contribution in [0.2, 0.25) is 0 Å². The van der Waals surface area contributed by atoms with Crippen molar-refractivity contribution in [1.82, 2.24) is 4.90 Å². The van der Waals surface area contributed by atoms with Gasteiger partial charge in [-0.15, -0.1) is 0 Å². The van der Waals surface area contributed by atoms with Crippen molar-refractivity contribution in [3.05, 3.63) is 0 Å². The molecule has 19 atom stereocenters.